The van der Waals surface area contributed by atoms with Crippen molar-refractivity contribution in [3.8, 4) is 11.5 Å². The zero-order valence-electron chi connectivity index (χ0n) is 13.3. The van der Waals surface area contributed by atoms with Crippen molar-refractivity contribution in [3.05, 3.63) is 59.7 Å². The number of hydrogen-bond donors (Lipinski definition) is 0. The molecule has 112 valence electrons. The summed E-state index contributed by atoms with van der Waals surface area (Å²) in [6, 6.07) is 16.5. The number of rotatable bonds is 6. The van der Waals surface area contributed by atoms with E-state index < -0.39 is 0 Å². The SMILES string of the molecule is CN(C)Cc1ccc(Oc2ccc(CN(C)C)cc2)cc1. The average Bonchev–Trinajstić information content (AvgIpc) is 2.42. The van der Waals surface area contributed by atoms with Crippen molar-refractivity contribution < 1.29 is 4.74 Å². The van der Waals surface area contributed by atoms with Gasteiger partial charge in [0.05, 0.1) is 0 Å². The third-order valence-corrected chi connectivity index (χ3v) is 3.08. The first-order valence-corrected chi connectivity index (χ1v) is 7.18. The Hall–Kier alpha value is -1.84. The molecule has 0 aliphatic heterocycles. The number of ether oxygens (including phenoxy) is 1. The van der Waals surface area contributed by atoms with Crippen LogP contribution in [0.5, 0.6) is 11.5 Å². The summed E-state index contributed by atoms with van der Waals surface area (Å²) in [5.74, 6) is 1.75. The van der Waals surface area contributed by atoms with Crippen molar-refractivity contribution in [1.29, 1.82) is 0 Å². The molecule has 0 bridgehead atoms. The van der Waals surface area contributed by atoms with Crippen LogP contribution in [0.1, 0.15) is 11.1 Å². The maximum absolute atomic E-state index is 5.87. The summed E-state index contributed by atoms with van der Waals surface area (Å²) >= 11 is 0. The second-order valence-corrected chi connectivity index (χ2v) is 5.87. The minimum atomic E-state index is 0.873. The first kappa shape index (κ1) is 15.5. The van der Waals surface area contributed by atoms with Gasteiger partial charge in [0.15, 0.2) is 0 Å². The predicted octanol–water partition coefficient (Wildman–Crippen LogP) is 3.60. The molecule has 0 aliphatic carbocycles. The fraction of sp³-hybridized carbons (Fsp3) is 0.333. The first-order chi connectivity index (χ1) is 10.0. The average molecular weight is 284 g/mol. The minimum Gasteiger partial charge on any atom is -0.457 e. The van der Waals surface area contributed by atoms with Crippen LogP contribution in [-0.2, 0) is 13.1 Å². The molecule has 0 saturated carbocycles. The Balaban J connectivity index is 1.97. The lowest BCUT2D eigenvalue weighted by Crippen LogP contribution is -2.10. The quantitative estimate of drug-likeness (QED) is 0.806. The second kappa shape index (κ2) is 7.25. The molecule has 21 heavy (non-hydrogen) atoms. The Kier molecular flexibility index (Phi) is 5.37. The number of hydrogen-bond acceptors (Lipinski definition) is 3. The lowest BCUT2D eigenvalue weighted by atomic mass is 10.2. The van der Waals surface area contributed by atoms with Crippen LogP contribution >= 0.6 is 0 Å². The lowest BCUT2D eigenvalue weighted by molar-refractivity contribution is 0.401. The highest BCUT2D eigenvalue weighted by Gasteiger charge is 2.00. The normalized spacial score (nSPS) is 11.1. The van der Waals surface area contributed by atoms with Gasteiger partial charge in [-0.3, -0.25) is 0 Å². The van der Waals surface area contributed by atoms with Crippen molar-refractivity contribution in [1.82, 2.24) is 9.80 Å². The molecule has 3 heteroatoms. The van der Waals surface area contributed by atoms with Crippen LogP contribution in [0.2, 0.25) is 0 Å². The smallest absolute Gasteiger partial charge is 0.127 e. The van der Waals surface area contributed by atoms with Crippen LogP contribution in [0.4, 0.5) is 0 Å². The molecule has 0 spiro atoms. The van der Waals surface area contributed by atoms with E-state index in [0.717, 1.165) is 24.6 Å². The molecule has 0 radical (unpaired) electrons. The van der Waals surface area contributed by atoms with Gasteiger partial charge in [-0.15, -0.1) is 0 Å². The summed E-state index contributed by atoms with van der Waals surface area (Å²) in [4.78, 5) is 4.30. The van der Waals surface area contributed by atoms with E-state index in [9.17, 15) is 0 Å². The van der Waals surface area contributed by atoms with E-state index in [0.29, 0.717) is 0 Å². The van der Waals surface area contributed by atoms with Gasteiger partial charge in [-0.25, -0.2) is 0 Å². The van der Waals surface area contributed by atoms with Crippen LogP contribution in [0.3, 0.4) is 0 Å². The van der Waals surface area contributed by atoms with Crippen molar-refractivity contribution in [3.63, 3.8) is 0 Å². The largest absolute Gasteiger partial charge is 0.457 e. The van der Waals surface area contributed by atoms with Gasteiger partial charge < -0.3 is 14.5 Å². The Morgan fingerprint density at radius 1 is 0.619 bits per heavy atom. The molecule has 2 rings (SSSR count). The highest BCUT2D eigenvalue weighted by atomic mass is 16.5. The standard InChI is InChI=1S/C18H24N2O/c1-19(2)13-15-5-9-17(10-6-15)21-18-11-7-16(8-12-18)14-20(3)4/h5-12H,13-14H2,1-4H3. The molecule has 3 nitrogen and oxygen atoms in total. The Morgan fingerprint density at radius 2 is 0.952 bits per heavy atom. The van der Waals surface area contributed by atoms with Gasteiger partial charge in [0, 0.05) is 13.1 Å². The van der Waals surface area contributed by atoms with Gasteiger partial charge in [0.1, 0.15) is 11.5 Å². The minimum absolute atomic E-state index is 0.873. The Labute approximate surface area is 127 Å². The molecule has 2 aromatic rings. The molecular formula is C18H24N2O. The molecule has 0 aromatic heterocycles. The lowest BCUT2D eigenvalue weighted by Gasteiger charge is -2.12. The maximum Gasteiger partial charge on any atom is 0.127 e. The maximum atomic E-state index is 5.87. The third kappa shape index (κ3) is 5.21. The molecule has 0 heterocycles. The van der Waals surface area contributed by atoms with Gasteiger partial charge in [-0.1, -0.05) is 24.3 Å². The van der Waals surface area contributed by atoms with Gasteiger partial charge in [0.2, 0.25) is 0 Å². The van der Waals surface area contributed by atoms with Gasteiger partial charge >= 0.3 is 0 Å². The summed E-state index contributed by atoms with van der Waals surface area (Å²) < 4.78 is 5.87. The molecule has 0 unspecified atom stereocenters. The summed E-state index contributed by atoms with van der Waals surface area (Å²) in [5.41, 5.74) is 2.57. The van der Waals surface area contributed by atoms with Crippen LogP contribution in [0.25, 0.3) is 0 Å². The van der Waals surface area contributed by atoms with Crippen molar-refractivity contribution >= 4 is 0 Å². The highest BCUT2D eigenvalue weighted by Crippen LogP contribution is 2.22. The Morgan fingerprint density at radius 3 is 1.24 bits per heavy atom. The van der Waals surface area contributed by atoms with Gasteiger partial charge in [-0.05, 0) is 63.6 Å². The predicted molar refractivity (Wildman–Crippen MR) is 87.7 cm³/mol. The van der Waals surface area contributed by atoms with E-state index in [2.05, 4.69) is 62.3 Å². The highest BCUT2D eigenvalue weighted by molar-refractivity contribution is 5.34. The molecule has 0 N–H and O–H groups in total. The summed E-state index contributed by atoms with van der Waals surface area (Å²) in [6.07, 6.45) is 0. The van der Waals surface area contributed by atoms with E-state index >= 15 is 0 Å². The van der Waals surface area contributed by atoms with Crippen molar-refractivity contribution in [2.75, 3.05) is 28.2 Å². The molecule has 0 aliphatic rings. The molecule has 0 amide bonds. The van der Waals surface area contributed by atoms with E-state index in [1.165, 1.54) is 11.1 Å². The van der Waals surface area contributed by atoms with E-state index in [-0.39, 0.29) is 0 Å². The fourth-order valence-corrected chi connectivity index (χ4v) is 2.19. The van der Waals surface area contributed by atoms with E-state index in [1.807, 2.05) is 24.3 Å². The zero-order chi connectivity index (χ0) is 15.2. The monoisotopic (exact) mass is 284 g/mol. The number of nitrogens with zero attached hydrogens (tertiary/aromatic N) is 2. The topological polar surface area (TPSA) is 15.7 Å². The van der Waals surface area contributed by atoms with Gasteiger partial charge in [-0.2, -0.15) is 0 Å². The molecule has 0 fully saturated rings. The summed E-state index contributed by atoms with van der Waals surface area (Å²) in [7, 11) is 8.28. The second-order valence-electron chi connectivity index (χ2n) is 5.87. The first-order valence-electron chi connectivity index (χ1n) is 7.18. The molecule has 2 aromatic carbocycles. The van der Waals surface area contributed by atoms with Crippen molar-refractivity contribution in [2.24, 2.45) is 0 Å². The molecule has 0 atom stereocenters. The van der Waals surface area contributed by atoms with Crippen LogP contribution in [0.15, 0.2) is 48.5 Å². The molecule has 0 saturated heterocycles. The van der Waals surface area contributed by atoms with Crippen LogP contribution in [-0.4, -0.2) is 38.0 Å². The number of benzene rings is 2. The van der Waals surface area contributed by atoms with Gasteiger partial charge in [0.25, 0.3) is 0 Å². The Bertz CT molecular complexity index is 493. The molecular weight excluding hydrogens is 260 g/mol. The van der Waals surface area contributed by atoms with E-state index in [4.69, 9.17) is 4.74 Å². The van der Waals surface area contributed by atoms with Crippen molar-refractivity contribution in [2.45, 2.75) is 13.1 Å². The fourth-order valence-electron chi connectivity index (χ4n) is 2.19. The zero-order valence-corrected chi connectivity index (χ0v) is 13.3. The summed E-state index contributed by atoms with van der Waals surface area (Å²) in [6.45, 7) is 1.89. The van der Waals surface area contributed by atoms with E-state index in [1.54, 1.807) is 0 Å². The summed E-state index contributed by atoms with van der Waals surface area (Å²) in [5, 5.41) is 0. The third-order valence-electron chi connectivity index (χ3n) is 3.08. The van der Waals surface area contributed by atoms with Crippen LogP contribution in [0, 0.1) is 0 Å². The van der Waals surface area contributed by atoms with Crippen LogP contribution < -0.4 is 4.74 Å².